The molecule has 1 heterocycles. The van der Waals surface area contributed by atoms with Gasteiger partial charge in [0.15, 0.2) is 4.80 Å². The lowest BCUT2D eigenvalue weighted by molar-refractivity contribution is -0.132. The Bertz CT molecular complexity index is 815. The predicted molar refractivity (Wildman–Crippen MR) is 85.8 cm³/mol. The molecule has 0 aliphatic rings. The minimum atomic E-state index is -0.464. The Morgan fingerprint density at radius 3 is 2.41 bits per heavy atom. The first-order valence-corrected chi connectivity index (χ1v) is 7.65. The molecule has 0 radical (unpaired) electrons. The molecule has 0 atom stereocenters. The van der Waals surface area contributed by atoms with Crippen LogP contribution >= 0.6 is 11.3 Å². The highest BCUT2D eigenvalue weighted by Crippen LogP contribution is 2.23. The summed E-state index contributed by atoms with van der Waals surface area (Å²) in [5.41, 5.74) is 2.96. The quantitative estimate of drug-likeness (QED) is 0.798. The smallest absolute Gasteiger partial charge is 0.309 e. The number of benzene rings is 1. The summed E-state index contributed by atoms with van der Waals surface area (Å²) < 4.78 is 6.49. The van der Waals surface area contributed by atoms with Crippen molar-refractivity contribution >= 4 is 28.9 Å². The molecule has 0 aliphatic carbocycles. The van der Waals surface area contributed by atoms with Crippen molar-refractivity contribution < 1.29 is 14.3 Å². The van der Waals surface area contributed by atoms with Crippen molar-refractivity contribution in [3.05, 3.63) is 39.0 Å². The third kappa shape index (κ3) is 3.33. The van der Waals surface area contributed by atoms with Crippen LogP contribution in [0, 0.1) is 20.8 Å². The molecule has 0 fully saturated rings. The van der Waals surface area contributed by atoms with Gasteiger partial charge in [0, 0.05) is 13.8 Å². The van der Waals surface area contributed by atoms with E-state index < -0.39 is 5.97 Å². The number of carbonyl (C=O) groups is 2. The maximum absolute atomic E-state index is 11.9. The maximum Gasteiger partial charge on any atom is 0.309 e. The van der Waals surface area contributed by atoms with Crippen LogP contribution in [0.4, 0.5) is 5.69 Å². The molecule has 2 aromatic rings. The standard InChI is InChI=1S/C16H18N2O3S/c1-9-6-7-14(10(2)8-9)17-16-18(12(4)19)15(11(3)22-16)21-13(5)20/h6-8H,1-5H3. The predicted octanol–water partition coefficient (Wildman–Crippen LogP) is 3.29. The van der Waals surface area contributed by atoms with Gasteiger partial charge in [0.25, 0.3) is 0 Å². The van der Waals surface area contributed by atoms with Crippen molar-refractivity contribution in [3.8, 4) is 5.88 Å². The number of aryl methyl sites for hydroxylation is 3. The molecule has 0 amide bonds. The molecule has 22 heavy (non-hydrogen) atoms. The van der Waals surface area contributed by atoms with Crippen molar-refractivity contribution in [2.45, 2.75) is 34.6 Å². The van der Waals surface area contributed by atoms with Crippen molar-refractivity contribution in [2.24, 2.45) is 4.99 Å². The summed E-state index contributed by atoms with van der Waals surface area (Å²) in [5, 5.41) is 0. The highest BCUT2D eigenvalue weighted by atomic mass is 32.1. The molecule has 0 spiro atoms. The zero-order valence-electron chi connectivity index (χ0n) is 13.3. The zero-order valence-corrected chi connectivity index (χ0v) is 14.1. The average molecular weight is 318 g/mol. The lowest BCUT2D eigenvalue weighted by Gasteiger charge is -2.05. The Morgan fingerprint density at radius 1 is 1.18 bits per heavy atom. The van der Waals surface area contributed by atoms with Gasteiger partial charge in [-0.2, -0.15) is 0 Å². The molecule has 0 saturated carbocycles. The number of thiazole rings is 1. The number of aromatic nitrogens is 1. The van der Waals surface area contributed by atoms with Crippen LogP contribution in [0.2, 0.25) is 0 Å². The first-order valence-electron chi connectivity index (χ1n) is 6.83. The van der Waals surface area contributed by atoms with Gasteiger partial charge in [-0.15, -0.1) is 0 Å². The molecule has 2 rings (SSSR count). The van der Waals surface area contributed by atoms with Crippen LogP contribution < -0.4 is 9.54 Å². The van der Waals surface area contributed by atoms with Gasteiger partial charge < -0.3 is 4.74 Å². The average Bonchev–Trinajstić information content (AvgIpc) is 2.68. The van der Waals surface area contributed by atoms with Crippen LogP contribution in [0.1, 0.15) is 34.6 Å². The van der Waals surface area contributed by atoms with Crippen LogP contribution in [-0.4, -0.2) is 16.4 Å². The van der Waals surface area contributed by atoms with Gasteiger partial charge in [-0.25, -0.2) is 9.56 Å². The molecule has 6 heteroatoms. The second-order valence-corrected chi connectivity index (χ2v) is 6.28. The highest BCUT2D eigenvalue weighted by Gasteiger charge is 2.17. The van der Waals surface area contributed by atoms with E-state index in [4.69, 9.17) is 4.74 Å². The second kappa shape index (κ2) is 6.27. The fourth-order valence-corrected chi connectivity index (χ4v) is 3.05. The molecule has 1 aromatic carbocycles. The van der Waals surface area contributed by atoms with Gasteiger partial charge in [-0.1, -0.05) is 29.0 Å². The van der Waals surface area contributed by atoms with Gasteiger partial charge in [0.1, 0.15) is 0 Å². The SMILES string of the molecule is CC(=O)Oc1c(C)sc(=Nc2ccc(C)cc2C)n1C(C)=O. The summed E-state index contributed by atoms with van der Waals surface area (Å²) in [5.74, 6) is -0.466. The van der Waals surface area contributed by atoms with Gasteiger partial charge in [0.2, 0.25) is 11.8 Å². The Balaban J connectivity index is 2.67. The third-order valence-electron chi connectivity index (χ3n) is 3.06. The number of ether oxygens (including phenoxy) is 1. The Morgan fingerprint density at radius 2 is 1.86 bits per heavy atom. The van der Waals surface area contributed by atoms with E-state index in [-0.39, 0.29) is 11.8 Å². The molecule has 5 nitrogen and oxygen atoms in total. The van der Waals surface area contributed by atoms with E-state index in [0.717, 1.165) is 21.7 Å². The summed E-state index contributed by atoms with van der Waals surface area (Å²) in [4.78, 5) is 28.9. The van der Waals surface area contributed by atoms with Crippen molar-refractivity contribution in [3.63, 3.8) is 0 Å². The van der Waals surface area contributed by atoms with E-state index >= 15 is 0 Å². The molecule has 0 N–H and O–H groups in total. The minimum Gasteiger partial charge on any atom is -0.408 e. The van der Waals surface area contributed by atoms with Gasteiger partial charge >= 0.3 is 5.97 Å². The van der Waals surface area contributed by atoms with E-state index in [2.05, 4.69) is 4.99 Å². The summed E-state index contributed by atoms with van der Waals surface area (Å²) in [7, 11) is 0. The van der Waals surface area contributed by atoms with Crippen LogP contribution in [0.15, 0.2) is 23.2 Å². The Kier molecular flexibility index (Phi) is 4.61. The maximum atomic E-state index is 11.9. The highest BCUT2D eigenvalue weighted by molar-refractivity contribution is 7.09. The molecule has 0 saturated heterocycles. The van der Waals surface area contributed by atoms with Crippen LogP contribution in [0.3, 0.4) is 0 Å². The van der Waals surface area contributed by atoms with Crippen molar-refractivity contribution in [1.29, 1.82) is 0 Å². The fourth-order valence-electron chi connectivity index (χ4n) is 2.11. The van der Waals surface area contributed by atoms with Crippen LogP contribution in [0.5, 0.6) is 5.88 Å². The number of nitrogens with zero attached hydrogens (tertiary/aromatic N) is 2. The number of rotatable bonds is 2. The summed E-state index contributed by atoms with van der Waals surface area (Å²) in [6.07, 6.45) is 0. The molecule has 1 aromatic heterocycles. The van der Waals surface area contributed by atoms with E-state index in [0.29, 0.717) is 4.80 Å². The third-order valence-corrected chi connectivity index (χ3v) is 4.00. The summed E-state index contributed by atoms with van der Waals surface area (Å²) in [6.45, 7) is 8.50. The van der Waals surface area contributed by atoms with E-state index in [1.54, 1.807) is 6.92 Å². The van der Waals surface area contributed by atoms with E-state index in [9.17, 15) is 9.59 Å². The minimum absolute atomic E-state index is 0.244. The van der Waals surface area contributed by atoms with Gasteiger partial charge in [-0.05, 0) is 32.4 Å². The fraction of sp³-hybridized carbons (Fsp3) is 0.312. The number of hydrogen-bond donors (Lipinski definition) is 0. The molecular formula is C16H18N2O3S. The monoisotopic (exact) mass is 318 g/mol. The molecule has 0 aliphatic heterocycles. The number of esters is 1. The molecule has 0 bridgehead atoms. The Hall–Kier alpha value is -2.21. The first kappa shape index (κ1) is 16.2. The first-order chi connectivity index (χ1) is 10.3. The number of hydrogen-bond acceptors (Lipinski definition) is 5. The zero-order chi connectivity index (χ0) is 16.4. The van der Waals surface area contributed by atoms with Gasteiger partial charge in [-0.3, -0.25) is 9.59 Å². The van der Waals surface area contributed by atoms with Crippen molar-refractivity contribution in [2.75, 3.05) is 0 Å². The largest absolute Gasteiger partial charge is 0.408 e. The lowest BCUT2D eigenvalue weighted by Crippen LogP contribution is -2.22. The van der Waals surface area contributed by atoms with E-state index in [1.807, 2.05) is 32.0 Å². The normalized spacial score (nSPS) is 11.6. The summed E-state index contributed by atoms with van der Waals surface area (Å²) >= 11 is 1.32. The van der Waals surface area contributed by atoms with Crippen LogP contribution in [0.25, 0.3) is 0 Å². The van der Waals surface area contributed by atoms with Crippen molar-refractivity contribution in [1.82, 2.24) is 4.57 Å². The van der Waals surface area contributed by atoms with E-state index in [1.165, 1.54) is 29.8 Å². The molecule has 0 unspecified atom stereocenters. The Labute approximate surface area is 132 Å². The number of carbonyl (C=O) groups excluding carboxylic acids is 2. The summed E-state index contributed by atoms with van der Waals surface area (Å²) in [6, 6.07) is 5.91. The molecule has 116 valence electrons. The van der Waals surface area contributed by atoms with Gasteiger partial charge in [0.05, 0.1) is 10.6 Å². The molecular weight excluding hydrogens is 300 g/mol. The topological polar surface area (TPSA) is 60.7 Å². The van der Waals surface area contributed by atoms with Crippen LogP contribution in [-0.2, 0) is 4.79 Å². The lowest BCUT2D eigenvalue weighted by atomic mass is 10.1. The second-order valence-electron chi connectivity index (χ2n) is 5.10.